The molecular formula is C33H34N4O6S. The van der Waals surface area contributed by atoms with Gasteiger partial charge >= 0.3 is 0 Å². The smallest absolute Gasteiger partial charge is 0.269 e. The highest BCUT2D eigenvalue weighted by molar-refractivity contribution is 7.92. The molecule has 11 heteroatoms. The number of carbonyl (C=O) groups excluding carboxylic acids is 2. The lowest BCUT2D eigenvalue weighted by Gasteiger charge is -2.34. The molecule has 2 amide bonds. The summed E-state index contributed by atoms with van der Waals surface area (Å²) in [6.07, 6.45) is 0.900. The predicted octanol–water partition coefficient (Wildman–Crippen LogP) is 4.96. The van der Waals surface area contributed by atoms with Crippen LogP contribution < -0.4 is 9.62 Å². The first-order chi connectivity index (χ1) is 21.2. The molecule has 0 aliphatic carbocycles. The van der Waals surface area contributed by atoms with Gasteiger partial charge in [0.2, 0.25) is 11.8 Å². The second kappa shape index (κ2) is 14.9. The Bertz CT molecular complexity index is 1650. The molecule has 228 valence electrons. The molecule has 0 fully saturated rings. The maximum Gasteiger partial charge on any atom is 0.269 e. The highest BCUT2D eigenvalue weighted by atomic mass is 32.2. The fraction of sp³-hybridized carbons (Fsp3) is 0.212. The van der Waals surface area contributed by atoms with Crippen molar-refractivity contribution in [3.8, 4) is 0 Å². The van der Waals surface area contributed by atoms with Gasteiger partial charge in [-0.1, -0.05) is 85.8 Å². The zero-order valence-electron chi connectivity index (χ0n) is 24.3. The van der Waals surface area contributed by atoms with Gasteiger partial charge in [-0.05, 0) is 41.8 Å². The summed E-state index contributed by atoms with van der Waals surface area (Å²) in [5.74, 6) is -0.966. The van der Waals surface area contributed by atoms with Crippen LogP contribution in [0, 0.1) is 10.1 Å². The highest BCUT2D eigenvalue weighted by Gasteiger charge is 2.34. The zero-order chi connectivity index (χ0) is 31.5. The number of nitro benzene ring substituents is 1. The molecule has 0 spiro atoms. The number of sulfonamides is 1. The number of nitrogens with one attached hydrogen (secondary N) is 1. The van der Waals surface area contributed by atoms with Crippen LogP contribution in [0.25, 0.3) is 0 Å². The zero-order valence-corrected chi connectivity index (χ0v) is 25.1. The third-order valence-corrected chi connectivity index (χ3v) is 8.76. The largest absolute Gasteiger partial charge is 0.354 e. The van der Waals surface area contributed by atoms with Crippen molar-refractivity contribution >= 4 is 33.2 Å². The molecule has 4 aromatic rings. The van der Waals surface area contributed by atoms with E-state index in [0.29, 0.717) is 13.0 Å². The number of amides is 2. The topological polar surface area (TPSA) is 130 Å². The lowest BCUT2D eigenvalue weighted by Crippen LogP contribution is -2.53. The van der Waals surface area contributed by atoms with Crippen molar-refractivity contribution in [2.24, 2.45) is 0 Å². The summed E-state index contributed by atoms with van der Waals surface area (Å²) in [7, 11) is -4.29. The fourth-order valence-corrected chi connectivity index (χ4v) is 6.12. The van der Waals surface area contributed by atoms with E-state index >= 15 is 0 Å². The van der Waals surface area contributed by atoms with Crippen LogP contribution in [-0.2, 0) is 32.6 Å². The van der Waals surface area contributed by atoms with E-state index in [9.17, 15) is 28.1 Å². The molecule has 1 N–H and O–H groups in total. The third-order valence-electron chi connectivity index (χ3n) is 6.97. The Morgan fingerprint density at radius 2 is 1.36 bits per heavy atom. The molecule has 0 bridgehead atoms. The van der Waals surface area contributed by atoms with E-state index in [2.05, 4.69) is 5.32 Å². The van der Waals surface area contributed by atoms with E-state index in [1.165, 1.54) is 41.3 Å². The van der Waals surface area contributed by atoms with E-state index in [1.807, 2.05) is 67.6 Å². The van der Waals surface area contributed by atoms with Crippen LogP contribution in [0.2, 0.25) is 0 Å². The van der Waals surface area contributed by atoms with Crippen LogP contribution in [0.15, 0.2) is 120 Å². The Hall–Kier alpha value is -5.03. The standard InChI is InChI=1S/C33H34N4O6S/c1-2-22-34-33(39)31(23-26-12-6-3-7-13-26)35(24-27-14-8-4-9-15-27)32(38)25-36(28-18-20-29(21-19-28)37(40)41)44(42,43)30-16-10-5-11-17-30/h3-21,31H,2,22-25H2,1H3,(H,34,39)/t31-/m0/s1. The van der Waals surface area contributed by atoms with Crippen molar-refractivity contribution in [2.75, 3.05) is 17.4 Å². The molecule has 44 heavy (non-hydrogen) atoms. The van der Waals surface area contributed by atoms with Crippen LogP contribution in [0.3, 0.4) is 0 Å². The van der Waals surface area contributed by atoms with Gasteiger partial charge in [-0.15, -0.1) is 0 Å². The van der Waals surface area contributed by atoms with Gasteiger partial charge in [-0.25, -0.2) is 8.42 Å². The molecule has 0 saturated heterocycles. The summed E-state index contributed by atoms with van der Waals surface area (Å²) in [6, 6.07) is 30.1. The normalized spacial score (nSPS) is 11.8. The minimum atomic E-state index is -4.29. The van der Waals surface area contributed by atoms with E-state index in [1.54, 1.807) is 18.2 Å². The van der Waals surface area contributed by atoms with Crippen molar-refractivity contribution in [2.45, 2.75) is 37.2 Å². The molecule has 4 aromatic carbocycles. The lowest BCUT2D eigenvalue weighted by atomic mass is 10.0. The molecule has 0 heterocycles. The number of nitro groups is 1. The molecule has 0 unspecified atom stereocenters. The summed E-state index contributed by atoms with van der Waals surface area (Å²) < 4.78 is 28.8. The molecule has 0 aliphatic rings. The Kier molecular flexibility index (Phi) is 10.8. The number of hydrogen-bond acceptors (Lipinski definition) is 6. The van der Waals surface area contributed by atoms with Crippen molar-refractivity contribution in [1.82, 2.24) is 10.2 Å². The minimum absolute atomic E-state index is 0.0518. The van der Waals surface area contributed by atoms with E-state index < -0.39 is 33.4 Å². The van der Waals surface area contributed by atoms with Crippen molar-refractivity contribution in [1.29, 1.82) is 0 Å². The first-order valence-corrected chi connectivity index (χ1v) is 15.6. The lowest BCUT2D eigenvalue weighted by molar-refractivity contribution is -0.384. The van der Waals surface area contributed by atoms with Gasteiger partial charge in [0.25, 0.3) is 15.7 Å². The Morgan fingerprint density at radius 1 is 0.818 bits per heavy atom. The molecule has 0 radical (unpaired) electrons. The van der Waals surface area contributed by atoms with Gasteiger partial charge in [0.15, 0.2) is 0 Å². The predicted molar refractivity (Wildman–Crippen MR) is 168 cm³/mol. The van der Waals surface area contributed by atoms with Crippen LogP contribution in [-0.4, -0.2) is 49.2 Å². The van der Waals surface area contributed by atoms with Crippen molar-refractivity contribution < 1.29 is 22.9 Å². The van der Waals surface area contributed by atoms with Gasteiger partial charge < -0.3 is 10.2 Å². The molecule has 10 nitrogen and oxygen atoms in total. The molecular weight excluding hydrogens is 580 g/mol. The number of anilines is 1. The molecule has 4 rings (SSSR count). The van der Waals surface area contributed by atoms with Crippen molar-refractivity contribution in [3.05, 3.63) is 137 Å². The summed E-state index contributed by atoms with van der Waals surface area (Å²) >= 11 is 0. The Balaban J connectivity index is 1.78. The fourth-order valence-electron chi connectivity index (χ4n) is 4.69. The average molecular weight is 615 g/mol. The number of non-ortho nitro benzene ring substituents is 1. The van der Waals surface area contributed by atoms with Crippen LogP contribution in [0.5, 0.6) is 0 Å². The highest BCUT2D eigenvalue weighted by Crippen LogP contribution is 2.27. The molecule has 0 aromatic heterocycles. The maximum atomic E-state index is 14.3. The van der Waals surface area contributed by atoms with Gasteiger partial charge in [-0.3, -0.25) is 24.0 Å². The first kappa shape index (κ1) is 31.9. The number of benzene rings is 4. The second-order valence-corrected chi connectivity index (χ2v) is 12.0. The van der Waals surface area contributed by atoms with Crippen molar-refractivity contribution in [3.63, 3.8) is 0 Å². The van der Waals surface area contributed by atoms with Crippen LogP contribution >= 0.6 is 0 Å². The number of carbonyl (C=O) groups is 2. The summed E-state index contributed by atoms with van der Waals surface area (Å²) in [6.45, 7) is 1.75. The summed E-state index contributed by atoms with van der Waals surface area (Å²) in [5, 5.41) is 14.2. The SMILES string of the molecule is CCCNC(=O)[C@H](Cc1ccccc1)N(Cc1ccccc1)C(=O)CN(c1ccc([N+](=O)[O-])cc1)S(=O)(=O)c1ccccc1. The quantitative estimate of drug-likeness (QED) is 0.158. The van der Waals surface area contributed by atoms with E-state index in [0.717, 1.165) is 15.4 Å². The Labute approximate surface area is 257 Å². The molecule has 0 saturated carbocycles. The monoisotopic (exact) mass is 614 g/mol. The van der Waals surface area contributed by atoms with Crippen LogP contribution in [0.1, 0.15) is 24.5 Å². The summed E-state index contributed by atoms with van der Waals surface area (Å²) in [4.78, 5) is 40.0. The number of hydrogen-bond donors (Lipinski definition) is 1. The molecule has 1 atom stereocenters. The summed E-state index contributed by atoms with van der Waals surface area (Å²) in [5.41, 5.74) is 1.44. The number of nitrogens with zero attached hydrogens (tertiary/aromatic N) is 3. The van der Waals surface area contributed by atoms with Gasteiger partial charge in [0.05, 0.1) is 15.5 Å². The first-order valence-electron chi connectivity index (χ1n) is 14.2. The van der Waals surface area contributed by atoms with E-state index in [4.69, 9.17) is 0 Å². The maximum absolute atomic E-state index is 14.3. The molecule has 0 aliphatic heterocycles. The second-order valence-electron chi connectivity index (χ2n) is 10.1. The number of rotatable bonds is 14. The van der Waals surface area contributed by atoms with Gasteiger partial charge in [0, 0.05) is 31.6 Å². The van der Waals surface area contributed by atoms with Gasteiger partial charge in [-0.2, -0.15) is 0 Å². The average Bonchev–Trinajstić information content (AvgIpc) is 3.05. The minimum Gasteiger partial charge on any atom is -0.354 e. The Morgan fingerprint density at radius 3 is 1.91 bits per heavy atom. The van der Waals surface area contributed by atoms with Gasteiger partial charge in [0.1, 0.15) is 12.6 Å². The third kappa shape index (κ3) is 8.07. The van der Waals surface area contributed by atoms with Crippen LogP contribution in [0.4, 0.5) is 11.4 Å². The van der Waals surface area contributed by atoms with E-state index in [-0.39, 0.29) is 35.1 Å².